The molecular formula is C17H18N2O2. The number of furan rings is 1. The first kappa shape index (κ1) is 13.6. The fraction of sp³-hybridized carbons (Fsp3) is 0.294. The van der Waals surface area contributed by atoms with Crippen LogP contribution >= 0.6 is 0 Å². The van der Waals surface area contributed by atoms with Gasteiger partial charge in [0.05, 0.1) is 12.2 Å². The van der Waals surface area contributed by atoms with Crippen LogP contribution in [-0.4, -0.2) is 11.6 Å². The summed E-state index contributed by atoms with van der Waals surface area (Å²) in [7, 11) is 0. The largest absolute Gasteiger partial charge is 0.463 e. The highest BCUT2D eigenvalue weighted by Crippen LogP contribution is 2.53. The topological polar surface area (TPSA) is 54.6 Å². The van der Waals surface area contributed by atoms with Gasteiger partial charge in [-0.25, -0.2) is 5.43 Å². The van der Waals surface area contributed by atoms with E-state index in [1.165, 1.54) is 5.56 Å². The molecule has 1 aliphatic rings. The van der Waals surface area contributed by atoms with Crippen LogP contribution in [0.15, 0.2) is 58.2 Å². The van der Waals surface area contributed by atoms with Crippen molar-refractivity contribution in [2.45, 2.75) is 25.7 Å². The Labute approximate surface area is 123 Å². The van der Waals surface area contributed by atoms with Crippen LogP contribution in [0.2, 0.25) is 0 Å². The summed E-state index contributed by atoms with van der Waals surface area (Å²) in [6.07, 6.45) is 2.45. The molecule has 1 fully saturated rings. The van der Waals surface area contributed by atoms with Gasteiger partial charge in [-0.2, -0.15) is 5.10 Å². The van der Waals surface area contributed by atoms with Gasteiger partial charge in [0.2, 0.25) is 5.91 Å². The molecule has 0 saturated heterocycles. The second kappa shape index (κ2) is 5.20. The third-order valence-electron chi connectivity index (χ3n) is 4.20. The summed E-state index contributed by atoms with van der Waals surface area (Å²) >= 11 is 0. The highest BCUT2D eigenvalue weighted by molar-refractivity contribution is 5.97. The van der Waals surface area contributed by atoms with Crippen LogP contribution in [-0.2, 0) is 10.2 Å². The number of carbonyl (C=O) groups excluding carboxylic acids is 1. The van der Waals surface area contributed by atoms with E-state index in [4.69, 9.17) is 4.42 Å². The highest BCUT2D eigenvalue weighted by Gasteiger charge is 2.55. The molecule has 1 aromatic carbocycles. The van der Waals surface area contributed by atoms with Gasteiger partial charge in [-0.05, 0) is 31.0 Å². The third-order valence-corrected chi connectivity index (χ3v) is 4.20. The van der Waals surface area contributed by atoms with Gasteiger partial charge in [-0.15, -0.1) is 0 Å². The molecule has 21 heavy (non-hydrogen) atoms. The molecule has 2 atom stereocenters. The van der Waals surface area contributed by atoms with Crippen LogP contribution in [0.3, 0.4) is 0 Å². The molecule has 0 unspecified atom stereocenters. The number of hydrogen-bond donors (Lipinski definition) is 1. The first-order valence-corrected chi connectivity index (χ1v) is 7.05. The average Bonchev–Trinajstić information content (AvgIpc) is 2.96. The Kier molecular flexibility index (Phi) is 3.37. The van der Waals surface area contributed by atoms with E-state index >= 15 is 0 Å². The summed E-state index contributed by atoms with van der Waals surface area (Å²) in [6, 6.07) is 13.8. The van der Waals surface area contributed by atoms with Gasteiger partial charge in [-0.1, -0.05) is 37.3 Å². The second-order valence-corrected chi connectivity index (χ2v) is 5.69. The first-order valence-electron chi connectivity index (χ1n) is 7.05. The van der Waals surface area contributed by atoms with Crippen molar-refractivity contribution in [3.05, 3.63) is 60.1 Å². The summed E-state index contributed by atoms with van der Waals surface area (Å²) in [5.74, 6) is 0.609. The summed E-state index contributed by atoms with van der Waals surface area (Å²) in [5, 5.41) is 4.11. The minimum atomic E-state index is -0.0700. The molecule has 1 aliphatic carbocycles. The molecular weight excluding hydrogens is 264 g/mol. The number of carbonyl (C=O) groups is 1. The minimum absolute atomic E-state index is 0.0203. The molecule has 0 aliphatic heterocycles. The Morgan fingerprint density at radius 2 is 2.05 bits per heavy atom. The fourth-order valence-electron chi connectivity index (χ4n) is 2.64. The summed E-state index contributed by atoms with van der Waals surface area (Å²) in [6.45, 7) is 3.93. The molecule has 1 aromatic heterocycles. The van der Waals surface area contributed by atoms with E-state index in [9.17, 15) is 4.79 Å². The van der Waals surface area contributed by atoms with Crippen LogP contribution in [0.1, 0.15) is 31.6 Å². The maximum Gasteiger partial charge on any atom is 0.244 e. The highest BCUT2D eigenvalue weighted by atomic mass is 16.3. The predicted octanol–water partition coefficient (Wildman–Crippen LogP) is 3.10. The van der Waals surface area contributed by atoms with Gasteiger partial charge in [-0.3, -0.25) is 4.79 Å². The summed E-state index contributed by atoms with van der Waals surface area (Å²) < 4.78 is 5.23. The van der Waals surface area contributed by atoms with Crippen LogP contribution in [0.5, 0.6) is 0 Å². The Bertz CT molecular complexity index is 661. The maximum absolute atomic E-state index is 12.2. The van der Waals surface area contributed by atoms with Crippen molar-refractivity contribution in [3.63, 3.8) is 0 Å². The number of nitrogens with one attached hydrogen (secondary N) is 1. The predicted molar refractivity (Wildman–Crippen MR) is 81.0 cm³/mol. The van der Waals surface area contributed by atoms with Crippen molar-refractivity contribution in [3.8, 4) is 0 Å². The molecule has 1 N–H and O–H groups in total. The molecule has 4 heteroatoms. The van der Waals surface area contributed by atoms with Crippen molar-refractivity contribution < 1.29 is 9.21 Å². The van der Waals surface area contributed by atoms with Crippen molar-refractivity contribution >= 4 is 11.6 Å². The Hall–Kier alpha value is -2.36. The summed E-state index contributed by atoms with van der Waals surface area (Å²) in [4.78, 5) is 12.2. The molecule has 3 rings (SSSR count). The van der Waals surface area contributed by atoms with E-state index in [1.54, 1.807) is 12.3 Å². The number of benzene rings is 1. The molecule has 4 nitrogen and oxygen atoms in total. The fourth-order valence-corrected chi connectivity index (χ4v) is 2.64. The van der Waals surface area contributed by atoms with Crippen molar-refractivity contribution in [2.24, 2.45) is 11.0 Å². The molecule has 0 radical (unpaired) electrons. The zero-order chi connectivity index (χ0) is 14.9. The van der Waals surface area contributed by atoms with Gasteiger partial charge < -0.3 is 4.42 Å². The SMILES string of the molecule is CC(=NNC(=O)[C@@H]1C[C@@]1(C)c1ccccc1)c1ccco1. The van der Waals surface area contributed by atoms with Crippen molar-refractivity contribution in [2.75, 3.05) is 0 Å². The standard InChI is InChI=1S/C17H18N2O2/c1-12(15-9-6-10-21-15)18-19-16(20)14-11-17(14,2)13-7-4-3-5-8-13/h3-10,14H,11H2,1-2H3,(H,19,20)/t14-,17-/m0/s1. The Morgan fingerprint density at radius 3 is 2.71 bits per heavy atom. The zero-order valence-corrected chi connectivity index (χ0v) is 12.2. The number of amides is 1. The molecule has 0 bridgehead atoms. The van der Waals surface area contributed by atoms with E-state index in [2.05, 4.69) is 29.6 Å². The van der Waals surface area contributed by atoms with Crippen LogP contribution in [0, 0.1) is 5.92 Å². The molecule has 1 amide bonds. The number of hydrazone groups is 1. The minimum Gasteiger partial charge on any atom is -0.463 e. The maximum atomic E-state index is 12.2. The lowest BCUT2D eigenvalue weighted by atomic mass is 9.95. The molecule has 1 heterocycles. The van der Waals surface area contributed by atoms with Crippen LogP contribution in [0.4, 0.5) is 0 Å². The van der Waals surface area contributed by atoms with Crippen LogP contribution < -0.4 is 5.43 Å². The molecule has 108 valence electrons. The van der Waals surface area contributed by atoms with Gasteiger partial charge in [0, 0.05) is 5.41 Å². The number of nitrogens with zero attached hydrogens (tertiary/aromatic N) is 1. The second-order valence-electron chi connectivity index (χ2n) is 5.69. The van der Waals surface area contributed by atoms with E-state index in [1.807, 2.05) is 31.2 Å². The normalized spacial score (nSPS) is 24.7. The monoisotopic (exact) mass is 282 g/mol. The van der Waals surface area contributed by atoms with Crippen molar-refractivity contribution in [1.29, 1.82) is 0 Å². The number of hydrogen-bond acceptors (Lipinski definition) is 3. The van der Waals surface area contributed by atoms with Gasteiger partial charge in [0.25, 0.3) is 0 Å². The van der Waals surface area contributed by atoms with Gasteiger partial charge >= 0.3 is 0 Å². The molecule has 0 spiro atoms. The van der Waals surface area contributed by atoms with Crippen LogP contribution in [0.25, 0.3) is 0 Å². The van der Waals surface area contributed by atoms with E-state index in [0.29, 0.717) is 11.5 Å². The smallest absolute Gasteiger partial charge is 0.244 e. The van der Waals surface area contributed by atoms with Gasteiger partial charge in [0.15, 0.2) is 0 Å². The van der Waals surface area contributed by atoms with Crippen molar-refractivity contribution in [1.82, 2.24) is 5.43 Å². The van der Waals surface area contributed by atoms with E-state index in [0.717, 1.165) is 6.42 Å². The number of rotatable bonds is 4. The first-order chi connectivity index (χ1) is 10.1. The molecule has 2 aromatic rings. The van der Waals surface area contributed by atoms with Gasteiger partial charge in [0.1, 0.15) is 11.5 Å². The zero-order valence-electron chi connectivity index (χ0n) is 12.2. The third kappa shape index (κ3) is 2.61. The van der Waals surface area contributed by atoms with E-state index in [-0.39, 0.29) is 17.2 Å². The van der Waals surface area contributed by atoms with E-state index < -0.39 is 0 Å². The average molecular weight is 282 g/mol. The molecule has 1 saturated carbocycles. The quantitative estimate of drug-likeness (QED) is 0.692. The Morgan fingerprint density at radius 1 is 1.29 bits per heavy atom. The lowest BCUT2D eigenvalue weighted by Crippen LogP contribution is -2.24. The Balaban J connectivity index is 1.65. The summed E-state index contributed by atoms with van der Waals surface area (Å²) in [5.41, 5.74) is 4.44. The lowest BCUT2D eigenvalue weighted by molar-refractivity contribution is -0.122. The lowest BCUT2D eigenvalue weighted by Gasteiger charge is -2.10.